The summed E-state index contributed by atoms with van der Waals surface area (Å²) in [6.45, 7) is 5.41. The maximum Gasteiger partial charge on any atom is 0.315 e. The second kappa shape index (κ2) is 8.34. The molecule has 6 heteroatoms. The van der Waals surface area contributed by atoms with Crippen molar-refractivity contribution in [2.45, 2.75) is 39.3 Å². The Bertz CT molecular complexity index is 666. The van der Waals surface area contributed by atoms with E-state index in [0.717, 1.165) is 12.2 Å². The van der Waals surface area contributed by atoms with Crippen molar-refractivity contribution in [2.24, 2.45) is 11.8 Å². The standard InChI is InChI=1S/C19H25N3O2S/c1-13(2)18(16-4-3-9-25-16)22-19(23)21-11-15-7-8-17(20-10-15)24-12-14-5-6-14/h3-4,7-10,13-14,18H,5-6,11-12H2,1-2H3,(H2,21,22,23). The Kier molecular flexibility index (Phi) is 5.91. The lowest BCUT2D eigenvalue weighted by Crippen LogP contribution is -2.39. The van der Waals surface area contributed by atoms with Crippen molar-refractivity contribution >= 4 is 17.4 Å². The number of carbonyl (C=O) groups is 1. The van der Waals surface area contributed by atoms with Crippen LogP contribution in [0.15, 0.2) is 35.8 Å². The topological polar surface area (TPSA) is 63.2 Å². The average molecular weight is 359 g/mol. The van der Waals surface area contributed by atoms with Gasteiger partial charge in [-0.25, -0.2) is 9.78 Å². The number of rotatable bonds is 8. The smallest absolute Gasteiger partial charge is 0.315 e. The summed E-state index contributed by atoms with van der Waals surface area (Å²) in [4.78, 5) is 17.7. The predicted octanol–water partition coefficient (Wildman–Crippen LogP) is 4.13. The van der Waals surface area contributed by atoms with Crippen molar-refractivity contribution in [3.63, 3.8) is 0 Å². The molecule has 5 nitrogen and oxygen atoms in total. The number of amides is 2. The van der Waals surface area contributed by atoms with Crippen molar-refractivity contribution in [1.29, 1.82) is 0 Å². The number of thiophene rings is 1. The lowest BCUT2D eigenvalue weighted by Gasteiger charge is -2.21. The number of carbonyl (C=O) groups excluding carboxylic acids is 1. The highest BCUT2D eigenvalue weighted by atomic mass is 32.1. The Morgan fingerprint density at radius 1 is 1.36 bits per heavy atom. The van der Waals surface area contributed by atoms with Gasteiger partial charge in [0.15, 0.2) is 0 Å². The minimum Gasteiger partial charge on any atom is -0.477 e. The highest BCUT2D eigenvalue weighted by Crippen LogP contribution is 2.29. The van der Waals surface area contributed by atoms with E-state index in [2.05, 4.69) is 35.5 Å². The molecule has 1 fully saturated rings. The molecule has 0 spiro atoms. The maximum atomic E-state index is 12.2. The number of pyridine rings is 1. The Balaban J connectivity index is 1.46. The van der Waals surface area contributed by atoms with Gasteiger partial charge in [-0.1, -0.05) is 26.0 Å². The Hall–Kier alpha value is -2.08. The molecule has 1 unspecified atom stereocenters. The molecule has 0 aromatic carbocycles. The number of ether oxygens (including phenoxy) is 1. The zero-order valence-corrected chi connectivity index (χ0v) is 15.5. The van der Waals surface area contributed by atoms with Crippen molar-refractivity contribution in [3.05, 3.63) is 46.3 Å². The monoisotopic (exact) mass is 359 g/mol. The van der Waals surface area contributed by atoms with E-state index >= 15 is 0 Å². The van der Waals surface area contributed by atoms with Gasteiger partial charge in [-0.15, -0.1) is 11.3 Å². The number of aromatic nitrogens is 1. The lowest BCUT2D eigenvalue weighted by atomic mass is 10.0. The van der Waals surface area contributed by atoms with Crippen LogP contribution < -0.4 is 15.4 Å². The second-order valence-electron chi connectivity index (χ2n) is 6.82. The first-order chi connectivity index (χ1) is 12.1. The average Bonchev–Trinajstić information content (AvgIpc) is 3.29. The molecule has 1 atom stereocenters. The predicted molar refractivity (Wildman–Crippen MR) is 99.7 cm³/mol. The molecule has 3 rings (SSSR count). The number of hydrogen-bond donors (Lipinski definition) is 2. The summed E-state index contributed by atoms with van der Waals surface area (Å²) >= 11 is 1.66. The Morgan fingerprint density at radius 3 is 2.80 bits per heavy atom. The van der Waals surface area contributed by atoms with Crippen LogP contribution in [-0.2, 0) is 6.54 Å². The molecule has 1 aliphatic rings. The van der Waals surface area contributed by atoms with Crippen LogP contribution >= 0.6 is 11.3 Å². The minimum atomic E-state index is -0.166. The van der Waals surface area contributed by atoms with Crippen LogP contribution in [-0.4, -0.2) is 17.6 Å². The zero-order valence-electron chi connectivity index (χ0n) is 14.7. The fourth-order valence-corrected chi connectivity index (χ4v) is 3.45. The van der Waals surface area contributed by atoms with E-state index in [9.17, 15) is 4.79 Å². The van der Waals surface area contributed by atoms with Crippen molar-refractivity contribution in [3.8, 4) is 5.88 Å². The molecular formula is C19H25N3O2S. The molecule has 2 aromatic rings. The molecule has 1 aliphatic carbocycles. The summed E-state index contributed by atoms with van der Waals surface area (Å²) in [6, 6.07) is 7.72. The first-order valence-electron chi connectivity index (χ1n) is 8.77. The van der Waals surface area contributed by atoms with Gasteiger partial charge in [-0.05, 0) is 41.7 Å². The molecule has 0 bridgehead atoms. The van der Waals surface area contributed by atoms with Crippen molar-refractivity contribution in [1.82, 2.24) is 15.6 Å². The van der Waals surface area contributed by atoms with Gasteiger partial charge in [0, 0.05) is 23.7 Å². The second-order valence-corrected chi connectivity index (χ2v) is 7.80. The van der Waals surface area contributed by atoms with Gasteiger partial charge in [-0.2, -0.15) is 0 Å². The van der Waals surface area contributed by atoms with Gasteiger partial charge >= 0.3 is 6.03 Å². The quantitative estimate of drug-likeness (QED) is 0.745. The van der Waals surface area contributed by atoms with Crippen LogP contribution in [0.25, 0.3) is 0 Å². The van der Waals surface area contributed by atoms with E-state index in [1.165, 1.54) is 17.7 Å². The summed E-state index contributed by atoms with van der Waals surface area (Å²) in [5.41, 5.74) is 0.950. The van der Waals surface area contributed by atoms with Crippen LogP contribution in [0, 0.1) is 11.8 Å². The summed E-state index contributed by atoms with van der Waals surface area (Å²) in [6.07, 6.45) is 4.28. The van der Waals surface area contributed by atoms with Crippen LogP contribution in [0.3, 0.4) is 0 Å². The van der Waals surface area contributed by atoms with E-state index in [1.54, 1.807) is 17.5 Å². The molecule has 2 heterocycles. The third kappa shape index (κ3) is 5.46. The molecule has 0 aliphatic heterocycles. The van der Waals surface area contributed by atoms with Crippen LogP contribution in [0.2, 0.25) is 0 Å². The van der Waals surface area contributed by atoms with Gasteiger partial charge in [-0.3, -0.25) is 0 Å². The van der Waals surface area contributed by atoms with Crippen molar-refractivity contribution in [2.75, 3.05) is 6.61 Å². The summed E-state index contributed by atoms with van der Waals surface area (Å²) in [7, 11) is 0. The fraction of sp³-hybridized carbons (Fsp3) is 0.474. The molecular weight excluding hydrogens is 334 g/mol. The van der Waals surface area contributed by atoms with Crippen LogP contribution in [0.5, 0.6) is 5.88 Å². The van der Waals surface area contributed by atoms with E-state index < -0.39 is 0 Å². The lowest BCUT2D eigenvalue weighted by molar-refractivity contribution is 0.233. The maximum absolute atomic E-state index is 12.2. The third-order valence-electron chi connectivity index (χ3n) is 4.22. The van der Waals surface area contributed by atoms with Gasteiger partial charge in [0.2, 0.25) is 5.88 Å². The van der Waals surface area contributed by atoms with Gasteiger partial charge in [0.1, 0.15) is 0 Å². The van der Waals surface area contributed by atoms with Gasteiger partial charge in [0.05, 0.1) is 12.6 Å². The molecule has 0 saturated heterocycles. The molecule has 2 N–H and O–H groups in total. The zero-order chi connectivity index (χ0) is 17.6. The van der Waals surface area contributed by atoms with E-state index in [4.69, 9.17) is 4.74 Å². The van der Waals surface area contributed by atoms with Gasteiger partial charge in [0.25, 0.3) is 0 Å². The van der Waals surface area contributed by atoms with Crippen LogP contribution in [0.4, 0.5) is 4.79 Å². The molecule has 25 heavy (non-hydrogen) atoms. The molecule has 134 valence electrons. The number of nitrogens with one attached hydrogen (secondary N) is 2. The summed E-state index contributed by atoms with van der Waals surface area (Å²) in [5.74, 6) is 1.69. The molecule has 1 saturated carbocycles. The first kappa shape index (κ1) is 17.7. The SMILES string of the molecule is CC(C)C(NC(=O)NCc1ccc(OCC2CC2)nc1)c1cccs1. The Labute approximate surface area is 152 Å². The van der Waals surface area contributed by atoms with Gasteiger partial charge < -0.3 is 15.4 Å². The number of hydrogen-bond acceptors (Lipinski definition) is 4. The van der Waals surface area contributed by atoms with E-state index in [-0.39, 0.29) is 12.1 Å². The van der Waals surface area contributed by atoms with E-state index in [1.807, 2.05) is 23.6 Å². The minimum absolute atomic E-state index is 0.0244. The van der Waals surface area contributed by atoms with Crippen LogP contribution in [0.1, 0.15) is 43.2 Å². The van der Waals surface area contributed by atoms with E-state index in [0.29, 0.717) is 24.3 Å². The highest BCUT2D eigenvalue weighted by Gasteiger charge is 2.22. The number of urea groups is 1. The fourth-order valence-electron chi connectivity index (χ4n) is 2.50. The molecule has 2 aromatic heterocycles. The first-order valence-corrected chi connectivity index (χ1v) is 9.65. The number of nitrogens with zero attached hydrogens (tertiary/aromatic N) is 1. The third-order valence-corrected chi connectivity index (χ3v) is 5.17. The summed E-state index contributed by atoms with van der Waals surface area (Å²) < 4.78 is 5.62. The Morgan fingerprint density at radius 2 is 2.20 bits per heavy atom. The molecule has 2 amide bonds. The van der Waals surface area contributed by atoms with Crippen molar-refractivity contribution < 1.29 is 9.53 Å². The molecule has 0 radical (unpaired) electrons. The normalized spacial score (nSPS) is 15.0. The largest absolute Gasteiger partial charge is 0.477 e. The summed E-state index contributed by atoms with van der Waals surface area (Å²) in [5, 5.41) is 7.99. The highest BCUT2D eigenvalue weighted by molar-refractivity contribution is 7.10.